The van der Waals surface area contributed by atoms with Crippen LogP contribution in [0.2, 0.25) is 0 Å². The first-order valence-corrected chi connectivity index (χ1v) is 9.02. The van der Waals surface area contributed by atoms with Gasteiger partial charge in [-0.05, 0) is 36.6 Å². The Morgan fingerprint density at radius 2 is 1.96 bits per heavy atom. The van der Waals surface area contributed by atoms with Gasteiger partial charge in [0.15, 0.2) is 0 Å². The second kappa shape index (κ2) is 5.71. The van der Waals surface area contributed by atoms with E-state index in [0.717, 1.165) is 43.2 Å². The minimum absolute atomic E-state index is 0.832. The van der Waals surface area contributed by atoms with E-state index in [-0.39, 0.29) is 0 Å². The van der Waals surface area contributed by atoms with Crippen molar-refractivity contribution in [2.75, 3.05) is 13.1 Å². The van der Waals surface area contributed by atoms with Gasteiger partial charge in [-0.2, -0.15) is 0 Å². The second-order valence-electron chi connectivity index (χ2n) is 7.00. The fourth-order valence-electron chi connectivity index (χ4n) is 4.03. The summed E-state index contributed by atoms with van der Waals surface area (Å²) < 4.78 is 2.43. The van der Waals surface area contributed by atoms with Gasteiger partial charge in [0.1, 0.15) is 5.82 Å². The lowest BCUT2D eigenvalue weighted by atomic mass is 9.91. The fourth-order valence-corrected chi connectivity index (χ4v) is 4.03. The summed E-state index contributed by atoms with van der Waals surface area (Å²) in [5.74, 6) is 1.25. The van der Waals surface area contributed by atoms with E-state index >= 15 is 0 Å². The Kier molecular flexibility index (Phi) is 3.37. The van der Waals surface area contributed by atoms with Gasteiger partial charge in [0.05, 0.1) is 11.0 Å². The molecule has 2 aromatic heterocycles. The van der Waals surface area contributed by atoms with Crippen molar-refractivity contribution < 1.29 is 0 Å². The van der Waals surface area contributed by atoms with Crippen LogP contribution in [0.1, 0.15) is 25.1 Å². The molecule has 0 amide bonds. The van der Waals surface area contributed by atoms with Crippen LogP contribution in [0.3, 0.4) is 0 Å². The van der Waals surface area contributed by atoms with E-state index in [9.17, 15) is 0 Å². The van der Waals surface area contributed by atoms with E-state index in [1.807, 2.05) is 18.5 Å². The average Bonchev–Trinajstić information content (AvgIpc) is 2.81. The molecule has 0 radical (unpaired) electrons. The van der Waals surface area contributed by atoms with Crippen LogP contribution in [0.5, 0.6) is 0 Å². The highest BCUT2D eigenvalue weighted by Gasteiger charge is 2.27. The van der Waals surface area contributed by atoms with E-state index in [1.165, 1.54) is 36.2 Å². The third-order valence-electron chi connectivity index (χ3n) is 5.65. The van der Waals surface area contributed by atoms with Gasteiger partial charge in [0.25, 0.3) is 0 Å². The Labute approximate surface area is 142 Å². The number of rotatable bonds is 2. The van der Waals surface area contributed by atoms with Crippen molar-refractivity contribution in [2.45, 2.75) is 38.3 Å². The number of hydrogen-bond donors (Lipinski definition) is 0. The summed E-state index contributed by atoms with van der Waals surface area (Å²) in [6, 6.07) is 11.6. The largest absolute Gasteiger partial charge is 0.327 e. The zero-order valence-corrected chi connectivity index (χ0v) is 13.9. The summed E-state index contributed by atoms with van der Waals surface area (Å²) in [4.78, 5) is 11.9. The maximum atomic E-state index is 4.95. The molecular weight excluding hydrogens is 296 g/mol. The number of pyridine rings is 1. The van der Waals surface area contributed by atoms with E-state index in [4.69, 9.17) is 4.98 Å². The molecule has 0 spiro atoms. The van der Waals surface area contributed by atoms with E-state index in [1.54, 1.807) is 0 Å². The molecule has 5 rings (SSSR count). The standard InChI is InChI=1S/C20H22N4/c1-4-17(5-1)23-10-8-20-22-18-13-15(16-3-2-9-21-14-16)6-7-19(18)24(20)12-11-23/h2-3,6-7,9,13-14,17H,1,4-5,8,10-12H2. The Hall–Kier alpha value is -2.20. The van der Waals surface area contributed by atoms with Crippen LogP contribution < -0.4 is 0 Å². The molecule has 0 N–H and O–H groups in total. The van der Waals surface area contributed by atoms with Gasteiger partial charge in [-0.15, -0.1) is 0 Å². The van der Waals surface area contributed by atoms with Crippen molar-refractivity contribution in [3.63, 3.8) is 0 Å². The van der Waals surface area contributed by atoms with Crippen LogP contribution in [-0.4, -0.2) is 38.6 Å². The number of hydrogen-bond acceptors (Lipinski definition) is 3. The summed E-state index contributed by atoms with van der Waals surface area (Å²) in [7, 11) is 0. The molecule has 1 fully saturated rings. The molecule has 0 saturated heterocycles. The number of nitrogens with zero attached hydrogens (tertiary/aromatic N) is 4. The molecule has 2 aliphatic rings. The van der Waals surface area contributed by atoms with Gasteiger partial charge in [0.2, 0.25) is 0 Å². The van der Waals surface area contributed by atoms with Gasteiger partial charge in [0, 0.05) is 50.1 Å². The van der Waals surface area contributed by atoms with Gasteiger partial charge in [-0.3, -0.25) is 9.88 Å². The molecule has 24 heavy (non-hydrogen) atoms. The second-order valence-corrected chi connectivity index (χ2v) is 7.00. The first-order valence-electron chi connectivity index (χ1n) is 9.02. The topological polar surface area (TPSA) is 34.0 Å². The predicted molar refractivity (Wildman–Crippen MR) is 95.9 cm³/mol. The highest BCUT2D eigenvalue weighted by molar-refractivity contribution is 5.82. The lowest BCUT2D eigenvalue weighted by Crippen LogP contribution is -2.41. The van der Waals surface area contributed by atoms with E-state index < -0.39 is 0 Å². The molecule has 4 heteroatoms. The molecule has 3 aromatic rings. The summed E-state index contributed by atoms with van der Waals surface area (Å²) in [6.45, 7) is 3.38. The van der Waals surface area contributed by atoms with Crippen LogP contribution in [0.15, 0.2) is 42.7 Å². The molecule has 1 saturated carbocycles. The third-order valence-corrected chi connectivity index (χ3v) is 5.65. The molecule has 1 aliphatic carbocycles. The molecular formula is C20H22N4. The summed E-state index contributed by atoms with van der Waals surface area (Å²) in [6.07, 6.45) is 8.97. The van der Waals surface area contributed by atoms with Gasteiger partial charge in [-0.25, -0.2) is 4.98 Å². The number of benzene rings is 1. The Bertz CT molecular complexity index is 864. The first kappa shape index (κ1) is 14.2. The smallest absolute Gasteiger partial charge is 0.111 e. The van der Waals surface area contributed by atoms with Crippen LogP contribution in [0.25, 0.3) is 22.2 Å². The van der Waals surface area contributed by atoms with E-state index in [2.05, 4.69) is 38.7 Å². The highest BCUT2D eigenvalue weighted by atomic mass is 15.2. The first-order chi connectivity index (χ1) is 11.9. The van der Waals surface area contributed by atoms with Crippen LogP contribution in [0, 0.1) is 0 Å². The Balaban J connectivity index is 1.48. The quantitative estimate of drug-likeness (QED) is 0.725. The van der Waals surface area contributed by atoms with Crippen molar-refractivity contribution >= 4 is 11.0 Å². The number of imidazole rings is 1. The monoisotopic (exact) mass is 318 g/mol. The average molecular weight is 318 g/mol. The molecule has 0 bridgehead atoms. The van der Waals surface area contributed by atoms with Crippen molar-refractivity contribution in [1.29, 1.82) is 0 Å². The van der Waals surface area contributed by atoms with Gasteiger partial charge >= 0.3 is 0 Å². The summed E-state index contributed by atoms with van der Waals surface area (Å²) in [5.41, 5.74) is 4.73. The van der Waals surface area contributed by atoms with Crippen molar-refractivity contribution in [1.82, 2.24) is 19.4 Å². The summed E-state index contributed by atoms with van der Waals surface area (Å²) in [5, 5.41) is 0. The van der Waals surface area contributed by atoms with Crippen LogP contribution in [0.4, 0.5) is 0 Å². The third kappa shape index (κ3) is 2.33. The maximum absolute atomic E-state index is 4.95. The minimum atomic E-state index is 0.832. The summed E-state index contributed by atoms with van der Waals surface area (Å²) >= 11 is 0. The lowest BCUT2D eigenvalue weighted by Gasteiger charge is -2.36. The van der Waals surface area contributed by atoms with Crippen molar-refractivity contribution in [3.05, 3.63) is 48.5 Å². The minimum Gasteiger partial charge on any atom is -0.327 e. The Morgan fingerprint density at radius 3 is 2.75 bits per heavy atom. The maximum Gasteiger partial charge on any atom is 0.111 e. The normalized spacial score (nSPS) is 19.0. The Morgan fingerprint density at radius 1 is 1.00 bits per heavy atom. The number of fused-ring (bicyclic) bond motifs is 3. The molecule has 4 nitrogen and oxygen atoms in total. The molecule has 1 aliphatic heterocycles. The number of aromatic nitrogens is 3. The lowest BCUT2D eigenvalue weighted by molar-refractivity contribution is 0.130. The molecule has 122 valence electrons. The SMILES string of the molecule is c1cncc(-c2ccc3c(c2)nc2n3CCN(C3CCC3)CC2)c1. The molecule has 0 atom stereocenters. The van der Waals surface area contributed by atoms with Crippen molar-refractivity contribution in [3.8, 4) is 11.1 Å². The van der Waals surface area contributed by atoms with Crippen molar-refractivity contribution in [2.24, 2.45) is 0 Å². The fraction of sp³-hybridized carbons (Fsp3) is 0.400. The molecule has 3 heterocycles. The van der Waals surface area contributed by atoms with Crippen LogP contribution in [-0.2, 0) is 13.0 Å². The van der Waals surface area contributed by atoms with E-state index in [0.29, 0.717) is 0 Å². The molecule has 1 aromatic carbocycles. The predicted octanol–water partition coefficient (Wildman–Crippen LogP) is 3.51. The van der Waals surface area contributed by atoms with Gasteiger partial charge in [-0.1, -0.05) is 18.6 Å². The molecule has 0 unspecified atom stereocenters. The van der Waals surface area contributed by atoms with Crippen LogP contribution >= 0.6 is 0 Å². The van der Waals surface area contributed by atoms with Gasteiger partial charge < -0.3 is 4.57 Å². The zero-order valence-electron chi connectivity index (χ0n) is 13.9. The highest BCUT2D eigenvalue weighted by Crippen LogP contribution is 2.28. The zero-order chi connectivity index (χ0) is 15.9.